The molecule has 1 heterocycles. The monoisotopic (exact) mass is 265 g/mol. The summed E-state index contributed by atoms with van der Waals surface area (Å²) in [4.78, 5) is 15.1. The second-order valence-electron chi connectivity index (χ2n) is 4.94. The summed E-state index contributed by atoms with van der Waals surface area (Å²) in [6, 6.07) is 5.63. The van der Waals surface area contributed by atoms with Crippen LogP contribution in [-0.4, -0.2) is 35.6 Å². The molecule has 1 aromatic carbocycles. The molecule has 0 radical (unpaired) electrons. The van der Waals surface area contributed by atoms with Gasteiger partial charge in [-0.05, 0) is 43.4 Å². The van der Waals surface area contributed by atoms with Crippen LogP contribution in [0.15, 0.2) is 23.1 Å². The van der Waals surface area contributed by atoms with Crippen LogP contribution >= 0.6 is 12.6 Å². The molecule has 1 aliphatic rings. The van der Waals surface area contributed by atoms with E-state index in [-0.39, 0.29) is 18.4 Å². The Morgan fingerprint density at radius 3 is 3.06 bits per heavy atom. The molecule has 1 saturated heterocycles. The second-order valence-corrected chi connectivity index (χ2v) is 5.46. The maximum Gasteiger partial charge on any atom is 0.254 e. The highest BCUT2D eigenvalue weighted by Crippen LogP contribution is 2.21. The Kier molecular flexibility index (Phi) is 4.30. The van der Waals surface area contributed by atoms with Gasteiger partial charge in [0.1, 0.15) is 0 Å². The fourth-order valence-electron chi connectivity index (χ4n) is 2.41. The molecule has 98 valence electrons. The van der Waals surface area contributed by atoms with Crippen LogP contribution in [0.25, 0.3) is 0 Å². The quantitative estimate of drug-likeness (QED) is 0.804. The molecule has 0 saturated carbocycles. The standard InChI is InChI=1S/C14H19NO2S/c1-10-4-5-12(18)7-13(10)14(17)15-6-2-3-11(8-15)9-16/h4-5,7,11,16,18H,2-3,6,8-9H2,1H3. The van der Waals surface area contributed by atoms with Crippen molar-refractivity contribution in [3.8, 4) is 0 Å². The van der Waals surface area contributed by atoms with E-state index in [4.69, 9.17) is 0 Å². The van der Waals surface area contributed by atoms with Crippen LogP contribution in [-0.2, 0) is 0 Å². The van der Waals surface area contributed by atoms with E-state index in [9.17, 15) is 9.90 Å². The Morgan fingerprint density at radius 1 is 1.56 bits per heavy atom. The van der Waals surface area contributed by atoms with Gasteiger partial charge in [-0.3, -0.25) is 4.79 Å². The molecule has 0 bridgehead atoms. The van der Waals surface area contributed by atoms with E-state index >= 15 is 0 Å². The molecule has 18 heavy (non-hydrogen) atoms. The van der Waals surface area contributed by atoms with Crippen molar-refractivity contribution in [2.75, 3.05) is 19.7 Å². The molecule has 1 unspecified atom stereocenters. The summed E-state index contributed by atoms with van der Waals surface area (Å²) in [6.45, 7) is 3.54. The number of amides is 1. The molecule has 1 N–H and O–H groups in total. The summed E-state index contributed by atoms with van der Waals surface area (Å²) in [7, 11) is 0. The van der Waals surface area contributed by atoms with E-state index < -0.39 is 0 Å². The van der Waals surface area contributed by atoms with Crippen LogP contribution in [0.3, 0.4) is 0 Å². The van der Waals surface area contributed by atoms with Gasteiger partial charge in [-0.2, -0.15) is 0 Å². The molecule has 0 spiro atoms. The van der Waals surface area contributed by atoms with Gasteiger partial charge < -0.3 is 10.0 Å². The Balaban J connectivity index is 2.17. The average molecular weight is 265 g/mol. The van der Waals surface area contributed by atoms with Crippen LogP contribution in [0.4, 0.5) is 0 Å². The molecule has 4 heteroatoms. The minimum Gasteiger partial charge on any atom is -0.396 e. The van der Waals surface area contributed by atoms with Crippen molar-refractivity contribution >= 4 is 18.5 Å². The van der Waals surface area contributed by atoms with Crippen molar-refractivity contribution in [2.24, 2.45) is 5.92 Å². The number of benzene rings is 1. The van der Waals surface area contributed by atoms with Crippen molar-refractivity contribution in [1.82, 2.24) is 4.90 Å². The van der Waals surface area contributed by atoms with Crippen LogP contribution < -0.4 is 0 Å². The van der Waals surface area contributed by atoms with Crippen molar-refractivity contribution in [3.63, 3.8) is 0 Å². The Hall–Kier alpha value is -1.00. The zero-order chi connectivity index (χ0) is 13.1. The fourth-order valence-corrected chi connectivity index (χ4v) is 2.61. The van der Waals surface area contributed by atoms with Crippen LogP contribution in [0.1, 0.15) is 28.8 Å². The molecule has 0 aromatic heterocycles. The highest BCUT2D eigenvalue weighted by molar-refractivity contribution is 7.80. The van der Waals surface area contributed by atoms with E-state index in [0.717, 1.165) is 35.4 Å². The van der Waals surface area contributed by atoms with Gasteiger partial charge in [-0.15, -0.1) is 12.6 Å². The number of aliphatic hydroxyl groups excluding tert-OH is 1. The van der Waals surface area contributed by atoms with Gasteiger partial charge in [0, 0.05) is 30.2 Å². The molecule has 1 amide bonds. The van der Waals surface area contributed by atoms with Gasteiger partial charge in [0.2, 0.25) is 0 Å². The number of thiol groups is 1. The highest BCUT2D eigenvalue weighted by Gasteiger charge is 2.24. The van der Waals surface area contributed by atoms with Crippen LogP contribution in [0, 0.1) is 12.8 Å². The molecular weight excluding hydrogens is 246 g/mol. The predicted molar refractivity (Wildman–Crippen MR) is 74.1 cm³/mol. The maximum atomic E-state index is 12.4. The van der Waals surface area contributed by atoms with Gasteiger partial charge >= 0.3 is 0 Å². The summed E-state index contributed by atoms with van der Waals surface area (Å²) >= 11 is 4.29. The Bertz CT molecular complexity index is 447. The minimum absolute atomic E-state index is 0.0570. The topological polar surface area (TPSA) is 40.5 Å². The first kappa shape index (κ1) is 13.4. The lowest BCUT2D eigenvalue weighted by Gasteiger charge is -2.32. The molecule has 2 rings (SSSR count). The number of hydrogen-bond donors (Lipinski definition) is 2. The minimum atomic E-state index is 0.0570. The summed E-state index contributed by atoms with van der Waals surface area (Å²) in [5, 5.41) is 9.21. The molecule has 1 fully saturated rings. The third kappa shape index (κ3) is 2.87. The van der Waals surface area contributed by atoms with Crippen molar-refractivity contribution in [2.45, 2.75) is 24.7 Å². The fraction of sp³-hybridized carbons (Fsp3) is 0.500. The second kappa shape index (κ2) is 5.76. The zero-order valence-corrected chi connectivity index (χ0v) is 11.5. The molecule has 1 aliphatic heterocycles. The van der Waals surface area contributed by atoms with E-state index in [1.165, 1.54) is 0 Å². The zero-order valence-electron chi connectivity index (χ0n) is 10.6. The average Bonchev–Trinajstić information content (AvgIpc) is 2.41. The number of carbonyl (C=O) groups excluding carboxylic acids is 1. The first-order chi connectivity index (χ1) is 8.61. The Labute approximate surface area is 113 Å². The third-order valence-corrected chi connectivity index (χ3v) is 3.79. The summed E-state index contributed by atoms with van der Waals surface area (Å²) in [6.07, 6.45) is 1.97. The summed E-state index contributed by atoms with van der Waals surface area (Å²) < 4.78 is 0. The van der Waals surface area contributed by atoms with E-state index in [1.807, 2.05) is 30.0 Å². The summed E-state index contributed by atoms with van der Waals surface area (Å²) in [5.74, 6) is 0.281. The normalized spacial score (nSPS) is 19.9. The molecule has 0 aliphatic carbocycles. The third-order valence-electron chi connectivity index (χ3n) is 3.52. The molecule has 1 atom stereocenters. The van der Waals surface area contributed by atoms with E-state index in [0.29, 0.717) is 6.54 Å². The number of likely N-dealkylation sites (tertiary alicyclic amines) is 1. The Morgan fingerprint density at radius 2 is 2.33 bits per heavy atom. The first-order valence-electron chi connectivity index (χ1n) is 6.31. The number of aliphatic hydroxyl groups is 1. The summed E-state index contributed by atoms with van der Waals surface area (Å²) in [5.41, 5.74) is 1.70. The largest absolute Gasteiger partial charge is 0.396 e. The van der Waals surface area contributed by atoms with E-state index in [2.05, 4.69) is 12.6 Å². The predicted octanol–water partition coefficient (Wildman–Crippen LogP) is 2.13. The SMILES string of the molecule is Cc1ccc(S)cc1C(=O)N1CCCC(CO)C1. The number of aryl methyl sites for hydroxylation is 1. The number of hydrogen-bond acceptors (Lipinski definition) is 3. The van der Waals surface area contributed by atoms with E-state index in [1.54, 1.807) is 0 Å². The molecule has 3 nitrogen and oxygen atoms in total. The van der Waals surface area contributed by atoms with Crippen LogP contribution in [0.2, 0.25) is 0 Å². The van der Waals surface area contributed by atoms with Gasteiger partial charge in [0.25, 0.3) is 5.91 Å². The smallest absolute Gasteiger partial charge is 0.254 e. The lowest BCUT2D eigenvalue weighted by molar-refractivity contribution is 0.0620. The number of nitrogens with zero attached hydrogens (tertiary/aromatic N) is 1. The van der Waals surface area contributed by atoms with Crippen molar-refractivity contribution in [1.29, 1.82) is 0 Å². The number of piperidine rings is 1. The molecule has 1 aromatic rings. The lowest BCUT2D eigenvalue weighted by atomic mass is 9.97. The van der Waals surface area contributed by atoms with Crippen molar-refractivity contribution < 1.29 is 9.90 Å². The molecular formula is C14H19NO2S. The van der Waals surface area contributed by atoms with Gasteiger partial charge in [-0.1, -0.05) is 6.07 Å². The first-order valence-corrected chi connectivity index (χ1v) is 6.76. The van der Waals surface area contributed by atoms with Gasteiger partial charge in [0.05, 0.1) is 0 Å². The lowest BCUT2D eigenvalue weighted by Crippen LogP contribution is -2.41. The number of rotatable bonds is 2. The maximum absolute atomic E-state index is 12.4. The number of carbonyl (C=O) groups is 1. The highest BCUT2D eigenvalue weighted by atomic mass is 32.1. The van der Waals surface area contributed by atoms with Gasteiger partial charge in [0.15, 0.2) is 0 Å². The van der Waals surface area contributed by atoms with Crippen molar-refractivity contribution in [3.05, 3.63) is 29.3 Å². The van der Waals surface area contributed by atoms with Crippen LogP contribution in [0.5, 0.6) is 0 Å². The van der Waals surface area contributed by atoms with Gasteiger partial charge in [-0.25, -0.2) is 0 Å².